The van der Waals surface area contributed by atoms with Crippen molar-refractivity contribution in [2.75, 3.05) is 5.32 Å². The lowest BCUT2D eigenvalue weighted by Crippen LogP contribution is -2.09. The number of aromatic nitrogens is 3. The van der Waals surface area contributed by atoms with E-state index < -0.39 is 0 Å². The van der Waals surface area contributed by atoms with Crippen LogP contribution in [0.5, 0.6) is 0 Å². The second-order valence-electron chi connectivity index (χ2n) is 2.96. The zero-order valence-corrected chi connectivity index (χ0v) is 8.15. The summed E-state index contributed by atoms with van der Waals surface area (Å²) in [6, 6.07) is 0. The summed E-state index contributed by atoms with van der Waals surface area (Å²) in [4.78, 5) is 22.7. The Morgan fingerprint density at radius 2 is 2.21 bits per heavy atom. The SMILES string of the molecule is CC(=O)CCn1ncc(NC(C)=O)n1. The number of nitrogens with zero attached hydrogens (tertiary/aromatic N) is 3. The maximum Gasteiger partial charge on any atom is 0.222 e. The first-order valence-corrected chi connectivity index (χ1v) is 4.25. The van der Waals surface area contributed by atoms with Crippen LogP contribution < -0.4 is 5.32 Å². The molecule has 1 aromatic heterocycles. The highest BCUT2D eigenvalue weighted by Gasteiger charge is 2.02. The number of carbonyl (C=O) groups is 2. The Bertz CT molecular complexity index is 345. The van der Waals surface area contributed by atoms with Crippen LogP contribution >= 0.6 is 0 Å². The van der Waals surface area contributed by atoms with Crippen LogP contribution in [0, 0.1) is 0 Å². The molecule has 6 nitrogen and oxygen atoms in total. The van der Waals surface area contributed by atoms with Gasteiger partial charge in [-0.1, -0.05) is 0 Å². The number of hydrogen-bond acceptors (Lipinski definition) is 4. The van der Waals surface area contributed by atoms with Crippen LogP contribution in [0.2, 0.25) is 0 Å². The minimum absolute atomic E-state index is 0.0865. The zero-order chi connectivity index (χ0) is 10.6. The van der Waals surface area contributed by atoms with Gasteiger partial charge in [0.1, 0.15) is 5.78 Å². The molecule has 0 atom stereocenters. The number of ketones is 1. The molecule has 0 aliphatic carbocycles. The molecule has 6 heteroatoms. The summed E-state index contributed by atoms with van der Waals surface area (Å²) in [5.41, 5.74) is 0. The first-order chi connectivity index (χ1) is 6.58. The third-order valence-electron chi connectivity index (χ3n) is 1.50. The molecule has 0 fully saturated rings. The molecule has 0 saturated carbocycles. The maximum absolute atomic E-state index is 10.7. The van der Waals surface area contributed by atoms with Gasteiger partial charge in [0.2, 0.25) is 5.91 Å². The van der Waals surface area contributed by atoms with E-state index in [1.807, 2.05) is 0 Å². The molecule has 0 aliphatic rings. The van der Waals surface area contributed by atoms with Crippen LogP contribution in [0.4, 0.5) is 5.82 Å². The maximum atomic E-state index is 10.7. The van der Waals surface area contributed by atoms with Crippen molar-refractivity contribution in [1.29, 1.82) is 0 Å². The lowest BCUT2D eigenvalue weighted by Gasteiger charge is -1.96. The molecule has 0 unspecified atom stereocenters. The smallest absolute Gasteiger partial charge is 0.222 e. The number of Topliss-reactive ketones (excluding diaryl/α,β-unsaturated/α-hetero) is 1. The van der Waals surface area contributed by atoms with E-state index >= 15 is 0 Å². The number of nitrogens with one attached hydrogen (secondary N) is 1. The molecule has 0 aliphatic heterocycles. The van der Waals surface area contributed by atoms with Crippen LogP contribution in [0.25, 0.3) is 0 Å². The predicted octanol–water partition coefficient (Wildman–Crippen LogP) is 0.216. The van der Waals surface area contributed by atoms with Crippen molar-refractivity contribution < 1.29 is 9.59 Å². The van der Waals surface area contributed by atoms with Crippen LogP contribution in [0.1, 0.15) is 20.3 Å². The molecule has 0 radical (unpaired) electrons. The molecule has 1 aromatic rings. The minimum atomic E-state index is -0.191. The highest BCUT2D eigenvalue weighted by molar-refractivity contribution is 5.87. The molecule has 14 heavy (non-hydrogen) atoms. The minimum Gasteiger partial charge on any atom is -0.308 e. The van der Waals surface area contributed by atoms with Gasteiger partial charge < -0.3 is 5.32 Å². The number of carbonyl (C=O) groups excluding carboxylic acids is 2. The molecular weight excluding hydrogens is 184 g/mol. The van der Waals surface area contributed by atoms with E-state index in [1.54, 1.807) is 0 Å². The van der Waals surface area contributed by atoms with E-state index in [2.05, 4.69) is 15.5 Å². The fourth-order valence-electron chi connectivity index (χ4n) is 0.900. The van der Waals surface area contributed by atoms with Crippen LogP contribution in [-0.2, 0) is 16.1 Å². The Hall–Kier alpha value is -1.72. The van der Waals surface area contributed by atoms with Gasteiger partial charge in [-0.15, -0.1) is 5.10 Å². The van der Waals surface area contributed by atoms with Gasteiger partial charge in [0.25, 0.3) is 0 Å². The highest BCUT2D eigenvalue weighted by atomic mass is 16.1. The van der Waals surface area contributed by atoms with Crippen molar-refractivity contribution in [3.8, 4) is 0 Å². The molecule has 0 spiro atoms. The average molecular weight is 196 g/mol. The topological polar surface area (TPSA) is 76.9 Å². The van der Waals surface area contributed by atoms with Crippen LogP contribution in [0.3, 0.4) is 0 Å². The summed E-state index contributed by atoms with van der Waals surface area (Å²) in [6.07, 6.45) is 1.84. The summed E-state index contributed by atoms with van der Waals surface area (Å²) in [6.45, 7) is 3.35. The summed E-state index contributed by atoms with van der Waals surface area (Å²) in [7, 11) is 0. The number of rotatable bonds is 4. The van der Waals surface area contributed by atoms with Gasteiger partial charge in [-0.25, -0.2) is 0 Å². The third-order valence-corrected chi connectivity index (χ3v) is 1.50. The Kier molecular flexibility index (Phi) is 3.33. The van der Waals surface area contributed by atoms with Gasteiger partial charge in [-0.3, -0.25) is 9.59 Å². The van der Waals surface area contributed by atoms with E-state index in [4.69, 9.17) is 0 Å². The molecule has 1 N–H and O–H groups in total. The van der Waals surface area contributed by atoms with Crippen molar-refractivity contribution in [3.63, 3.8) is 0 Å². The van der Waals surface area contributed by atoms with Crippen molar-refractivity contribution >= 4 is 17.5 Å². The molecule has 0 bridgehead atoms. The highest BCUT2D eigenvalue weighted by Crippen LogP contribution is 1.99. The van der Waals surface area contributed by atoms with Crippen molar-refractivity contribution in [1.82, 2.24) is 15.0 Å². The quantitative estimate of drug-likeness (QED) is 0.747. The summed E-state index contributed by atoms with van der Waals surface area (Å²) < 4.78 is 0. The fourth-order valence-corrected chi connectivity index (χ4v) is 0.900. The van der Waals surface area contributed by atoms with E-state index in [9.17, 15) is 9.59 Å². The first-order valence-electron chi connectivity index (χ1n) is 4.25. The zero-order valence-electron chi connectivity index (χ0n) is 8.15. The van der Waals surface area contributed by atoms with Gasteiger partial charge in [-0.05, 0) is 6.92 Å². The molecule has 0 saturated heterocycles. The lowest BCUT2D eigenvalue weighted by molar-refractivity contribution is -0.117. The van der Waals surface area contributed by atoms with Crippen molar-refractivity contribution in [3.05, 3.63) is 6.20 Å². The monoisotopic (exact) mass is 196 g/mol. The molecule has 76 valence electrons. The second-order valence-corrected chi connectivity index (χ2v) is 2.96. The summed E-state index contributed by atoms with van der Waals surface area (Å²) in [5.74, 6) is 0.299. The first kappa shape index (κ1) is 10.4. The molecule has 1 rings (SSSR count). The molecule has 0 aromatic carbocycles. The number of aryl methyl sites for hydroxylation is 1. The summed E-state index contributed by atoms with van der Waals surface area (Å²) in [5, 5.41) is 10.3. The Balaban J connectivity index is 2.50. The number of amides is 1. The van der Waals surface area contributed by atoms with Crippen LogP contribution in [0.15, 0.2) is 6.20 Å². The molecule has 1 heterocycles. The Morgan fingerprint density at radius 1 is 1.50 bits per heavy atom. The second kappa shape index (κ2) is 4.50. The van der Waals surface area contributed by atoms with Gasteiger partial charge in [0.05, 0.1) is 12.7 Å². The van der Waals surface area contributed by atoms with E-state index in [0.29, 0.717) is 18.8 Å². The van der Waals surface area contributed by atoms with E-state index in [1.165, 1.54) is 24.8 Å². The van der Waals surface area contributed by atoms with Crippen molar-refractivity contribution in [2.24, 2.45) is 0 Å². The standard InChI is InChI=1S/C8H12N4O2/c1-6(13)3-4-12-9-5-8(11-12)10-7(2)14/h5H,3-4H2,1-2H3,(H,10,11,14). The van der Waals surface area contributed by atoms with Gasteiger partial charge >= 0.3 is 0 Å². The summed E-state index contributed by atoms with van der Waals surface area (Å²) >= 11 is 0. The Labute approximate surface area is 81.3 Å². The van der Waals surface area contributed by atoms with Gasteiger partial charge in [-0.2, -0.15) is 9.90 Å². The van der Waals surface area contributed by atoms with E-state index in [-0.39, 0.29) is 11.7 Å². The van der Waals surface area contributed by atoms with Crippen LogP contribution in [-0.4, -0.2) is 26.7 Å². The fraction of sp³-hybridized carbons (Fsp3) is 0.500. The Morgan fingerprint density at radius 3 is 2.79 bits per heavy atom. The number of anilines is 1. The normalized spacial score (nSPS) is 9.86. The van der Waals surface area contributed by atoms with Gasteiger partial charge in [0, 0.05) is 13.3 Å². The number of hydrogen-bond donors (Lipinski definition) is 1. The molecule has 1 amide bonds. The molecular formula is C8H12N4O2. The lowest BCUT2D eigenvalue weighted by atomic mass is 10.3. The largest absolute Gasteiger partial charge is 0.308 e. The average Bonchev–Trinajstić information content (AvgIpc) is 2.47. The van der Waals surface area contributed by atoms with Crippen molar-refractivity contribution in [2.45, 2.75) is 26.8 Å². The van der Waals surface area contributed by atoms with Gasteiger partial charge in [0.15, 0.2) is 5.82 Å². The third kappa shape index (κ3) is 3.34. The van der Waals surface area contributed by atoms with E-state index in [0.717, 1.165) is 0 Å². The predicted molar refractivity (Wildman–Crippen MR) is 49.6 cm³/mol.